The Balaban J connectivity index is 5.43. The molecule has 0 bridgehead atoms. The lowest BCUT2D eigenvalue weighted by Crippen LogP contribution is -2.12. The van der Waals surface area contributed by atoms with Crippen LogP contribution in [0.3, 0.4) is 0 Å². The summed E-state index contributed by atoms with van der Waals surface area (Å²) in [5.41, 5.74) is 0. The zero-order valence-corrected chi connectivity index (χ0v) is 14.0. The van der Waals surface area contributed by atoms with Crippen LogP contribution in [-0.2, 0) is 13.6 Å². The molecule has 0 heterocycles. The normalized spacial score (nSPS) is 14.3. The lowest BCUT2D eigenvalue weighted by molar-refractivity contribution is 0.145. The molecule has 0 amide bonds. The topological polar surface area (TPSA) is 35.5 Å². The average Bonchev–Trinajstić information content (AvgIpc) is 2.10. The van der Waals surface area contributed by atoms with Gasteiger partial charge in [0.15, 0.2) is 0 Å². The molecule has 0 aliphatic heterocycles. The molecule has 0 atom stereocenters. The molecule has 0 saturated heterocycles. The Hall–Kier alpha value is -0.110. The first kappa shape index (κ1) is 17.9. The van der Waals surface area contributed by atoms with E-state index >= 15 is 0 Å². The van der Waals surface area contributed by atoms with E-state index in [0.29, 0.717) is 5.92 Å². The van der Waals surface area contributed by atoms with Crippen LogP contribution in [0.4, 0.5) is 0 Å². The molecule has 3 nitrogen and oxygen atoms in total. The van der Waals surface area contributed by atoms with E-state index in [2.05, 4.69) is 13.8 Å². The predicted octanol–water partition coefficient (Wildman–Crippen LogP) is 5.23. The lowest BCUT2D eigenvalue weighted by Gasteiger charge is -2.27. The molecule has 0 aliphatic carbocycles. The first-order valence-electron chi connectivity index (χ1n) is 6.77. The van der Waals surface area contributed by atoms with Crippen LogP contribution < -0.4 is 0 Å². The van der Waals surface area contributed by atoms with Gasteiger partial charge in [0.05, 0.1) is 12.2 Å². The highest BCUT2D eigenvalue weighted by atomic mass is 31.2. The summed E-state index contributed by atoms with van der Waals surface area (Å²) >= 11 is 0. The largest absolute Gasteiger partial charge is 0.357 e. The van der Waals surface area contributed by atoms with E-state index in [1.165, 1.54) is 0 Å². The molecule has 0 N–H and O–H groups in total. The van der Waals surface area contributed by atoms with Crippen LogP contribution in [-0.4, -0.2) is 12.2 Å². The molecule has 0 aliphatic rings. The first-order chi connectivity index (χ1) is 8.08. The number of allylic oxidation sites excluding steroid dienone is 2. The monoisotopic (exact) mass is 276 g/mol. The molecular formula is C14H29O3P. The molecule has 0 radical (unpaired) electrons. The number of hydrogen-bond donors (Lipinski definition) is 0. The van der Waals surface area contributed by atoms with Gasteiger partial charge in [0.25, 0.3) is 0 Å². The van der Waals surface area contributed by atoms with E-state index in [1.807, 2.05) is 47.6 Å². The van der Waals surface area contributed by atoms with Gasteiger partial charge in [-0.1, -0.05) is 33.8 Å². The zero-order chi connectivity index (χ0) is 14.5. The Morgan fingerprint density at radius 1 is 0.889 bits per heavy atom. The highest BCUT2D eigenvalue weighted by Crippen LogP contribution is 2.60. The van der Waals surface area contributed by atoms with Crippen molar-refractivity contribution in [2.75, 3.05) is 0 Å². The van der Waals surface area contributed by atoms with Crippen LogP contribution in [0.2, 0.25) is 0 Å². The fourth-order valence-electron chi connectivity index (χ4n) is 1.64. The molecule has 4 heteroatoms. The van der Waals surface area contributed by atoms with Crippen molar-refractivity contribution in [3.05, 3.63) is 11.4 Å². The summed E-state index contributed by atoms with van der Waals surface area (Å²) in [7, 11) is -3.19. The highest BCUT2D eigenvalue weighted by Gasteiger charge is 2.34. The minimum Gasteiger partial charge on any atom is -0.303 e. The third-order valence-electron chi connectivity index (χ3n) is 2.11. The second-order valence-corrected chi connectivity index (χ2v) is 7.73. The van der Waals surface area contributed by atoms with E-state index < -0.39 is 7.60 Å². The summed E-state index contributed by atoms with van der Waals surface area (Å²) in [5.74, 6) is 0.470. The molecule has 0 aromatic carbocycles. The zero-order valence-electron chi connectivity index (χ0n) is 13.1. The molecule has 18 heavy (non-hydrogen) atoms. The van der Waals surface area contributed by atoms with Crippen molar-refractivity contribution in [1.29, 1.82) is 0 Å². The first-order valence-corrected chi connectivity index (χ1v) is 8.31. The van der Waals surface area contributed by atoms with Crippen molar-refractivity contribution >= 4 is 7.60 Å². The lowest BCUT2D eigenvalue weighted by atomic mass is 10.1. The van der Waals surface area contributed by atoms with Crippen molar-refractivity contribution in [3.63, 3.8) is 0 Å². The highest BCUT2D eigenvalue weighted by molar-refractivity contribution is 7.58. The third-order valence-corrected chi connectivity index (χ3v) is 4.81. The van der Waals surface area contributed by atoms with E-state index in [0.717, 1.165) is 5.31 Å². The van der Waals surface area contributed by atoms with E-state index in [-0.39, 0.29) is 18.1 Å². The fourth-order valence-corrected chi connectivity index (χ4v) is 4.16. The van der Waals surface area contributed by atoms with Crippen LogP contribution >= 0.6 is 7.60 Å². The Morgan fingerprint density at radius 2 is 1.28 bits per heavy atom. The molecule has 0 spiro atoms. The molecule has 0 saturated carbocycles. The molecule has 108 valence electrons. The predicted molar refractivity (Wildman–Crippen MR) is 77.8 cm³/mol. The quantitative estimate of drug-likeness (QED) is 0.597. The van der Waals surface area contributed by atoms with E-state index in [1.54, 1.807) is 0 Å². The summed E-state index contributed by atoms with van der Waals surface area (Å²) in [4.78, 5) is 0. The minimum atomic E-state index is -3.19. The van der Waals surface area contributed by atoms with Crippen molar-refractivity contribution in [1.82, 2.24) is 0 Å². The van der Waals surface area contributed by atoms with Gasteiger partial charge in [-0.25, -0.2) is 0 Å². The fraction of sp³-hybridized carbons (Fsp3) is 0.857. The average molecular weight is 276 g/mol. The van der Waals surface area contributed by atoms with Crippen LogP contribution in [0.15, 0.2) is 11.4 Å². The Kier molecular flexibility index (Phi) is 7.43. The van der Waals surface area contributed by atoms with Crippen LogP contribution in [0.25, 0.3) is 0 Å². The maximum Gasteiger partial charge on any atom is 0.357 e. The Labute approximate surface area is 112 Å². The summed E-state index contributed by atoms with van der Waals surface area (Å²) < 4.78 is 24.3. The molecule has 0 fully saturated rings. The van der Waals surface area contributed by atoms with Gasteiger partial charge in [0, 0.05) is 5.31 Å². The maximum absolute atomic E-state index is 13.0. The standard InChI is InChI=1S/C14H29O3P/c1-10(2)9-14(11(3)4)18(15,16-12(5)6)17-13(7)8/h9-13H,1-8H3/b14-9+. The van der Waals surface area contributed by atoms with Gasteiger partial charge < -0.3 is 9.05 Å². The van der Waals surface area contributed by atoms with Crippen LogP contribution in [0.5, 0.6) is 0 Å². The summed E-state index contributed by atoms with van der Waals surface area (Å²) in [5, 5.41) is 0.792. The SMILES string of the molecule is CC(C)/C=C(\C(C)C)P(=O)(OC(C)C)OC(C)C. The molecule has 0 aromatic heterocycles. The number of hydrogen-bond acceptors (Lipinski definition) is 3. The van der Waals surface area contributed by atoms with Gasteiger partial charge in [0.1, 0.15) is 0 Å². The summed E-state index contributed by atoms with van der Waals surface area (Å²) in [6.07, 6.45) is 1.77. The van der Waals surface area contributed by atoms with Crippen molar-refractivity contribution in [2.24, 2.45) is 11.8 Å². The smallest absolute Gasteiger partial charge is 0.303 e. The molecule has 0 rings (SSSR count). The van der Waals surface area contributed by atoms with Gasteiger partial charge in [0.2, 0.25) is 0 Å². The Morgan fingerprint density at radius 3 is 1.50 bits per heavy atom. The summed E-state index contributed by atoms with van der Waals surface area (Å²) in [6.45, 7) is 15.7. The second kappa shape index (κ2) is 7.47. The molecule has 0 unspecified atom stereocenters. The van der Waals surface area contributed by atoms with E-state index in [9.17, 15) is 4.57 Å². The molecular weight excluding hydrogens is 247 g/mol. The van der Waals surface area contributed by atoms with Crippen LogP contribution in [0, 0.1) is 11.8 Å². The maximum atomic E-state index is 13.0. The van der Waals surface area contributed by atoms with Crippen molar-refractivity contribution in [2.45, 2.75) is 67.6 Å². The third kappa shape index (κ3) is 6.17. The Bertz CT molecular complexity index is 303. The van der Waals surface area contributed by atoms with Crippen molar-refractivity contribution in [3.8, 4) is 0 Å². The van der Waals surface area contributed by atoms with Gasteiger partial charge in [-0.15, -0.1) is 0 Å². The molecule has 0 aromatic rings. The summed E-state index contributed by atoms with van der Waals surface area (Å²) in [6, 6.07) is 0. The second-order valence-electron chi connectivity index (χ2n) is 5.80. The van der Waals surface area contributed by atoms with Crippen molar-refractivity contribution < 1.29 is 13.6 Å². The van der Waals surface area contributed by atoms with Gasteiger partial charge in [-0.3, -0.25) is 4.57 Å². The van der Waals surface area contributed by atoms with Crippen LogP contribution in [0.1, 0.15) is 55.4 Å². The number of rotatable bonds is 7. The van der Waals surface area contributed by atoms with E-state index in [4.69, 9.17) is 9.05 Å². The minimum absolute atomic E-state index is 0.121. The van der Waals surface area contributed by atoms with Gasteiger partial charge in [-0.2, -0.15) is 0 Å². The van der Waals surface area contributed by atoms with Gasteiger partial charge >= 0.3 is 7.60 Å². The van der Waals surface area contributed by atoms with Gasteiger partial charge in [-0.05, 0) is 39.5 Å².